The average molecular weight is 377 g/mol. The lowest BCUT2D eigenvalue weighted by Gasteiger charge is -2.05. The van der Waals surface area contributed by atoms with Crippen LogP contribution in [0.1, 0.15) is 16.0 Å². The summed E-state index contributed by atoms with van der Waals surface area (Å²) in [5, 5.41) is 12.3. The predicted molar refractivity (Wildman–Crippen MR) is 108 cm³/mol. The number of nitriles is 1. The topological polar surface area (TPSA) is 45.8 Å². The van der Waals surface area contributed by atoms with E-state index >= 15 is 0 Å². The van der Waals surface area contributed by atoms with Crippen LogP contribution < -0.4 is 0 Å². The van der Waals surface area contributed by atoms with Crippen molar-refractivity contribution in [3.63, 3.8) is 0 Å². The zero-order valence-electron chi connectivity index (χ0n) is 14.4. The van der Waals surface area contributed by atoms with E-state index in [1.165, 1.54) is 4.88 Å². The molecule has 0 N–H and O–H groups in total. The van der Waals surface area contributed by atoms with E-state index in [9.17, 15) is 9.47 Å². The molecular formula is C21H16N2OS2. The van der Waals surface area contributed by atoms with E-state index < -0.39 is 11.0 Å². The molecule has 0 bridgehead atoms. The van der Waals surface area contributed by atoms with E-state index in [1.807, 2.05) is 49.5 Å². The van der Waals surface area contributed by atoms with E-state index in [-0.39, 0.29) is 0 Å². The molecule has 0 saturated carbocycles. The minimum atomic E-state index is -1.35. The van der Waals surface area contributed by atoms with Crippen LogP contribution in [0.3, 0.4) is 0 Å². The lowest BCUT2D eigenvalue weighted by molar-refractivity contribution is 0.678. The molecule has 0 aliphatic carbocycles. The molecule has 4 rings (SSSR count). The van der Waals surface area contributed by atoms with Crippen molar-refractivity contribution in [3.05, 3.63) is 76.1 Å². The van der Waals surface area contributed by atoms with Gasteiger partial charge in [-0.3, -0.25) is 3.97 Å². The van der Waals surface area contributed by atoms with Crippen LogP contribution in [0.4, 0.5) is 0 Å². The average Bonchev–Trinajstić information content (AvgIpc) is 3.24. The van der Waals surface area contributed by atoms with Crippen LogP contribution in [0.25, 0.3) is 22.0 Å². The van der Waals surface area contributed by atoms with Crippen LogP contribution in [-0.2, 0) is 11.0 Å². The van der Waals surface area contributed by atoms with Crippen LogP contribution in [0, 0.1) is 25.2 Å². The van der Waals surface area contributed by atoms with Crippen molar-refractivity contribution in [2.45, 2.75) is 18.7 Å². The van der Waals surface area contributed by atoms with Crippen LogP contribution >= 0.6 is 11.3 Å². The number of nitrogens with zero attached hydrogens (tertiary/aromatic N) is 2. The highest BCUT2D eigenvalue weighted by molar-refractivity contribution is 7.83. The van der Waals surface area contributed by atoms with E-state index in [2.05, 4.69) is 24.4 Å². The Labute approximate surface area is 158 Å². The first-order chi connectivity index (χ1) is 12.6. The Bertz CT molecular complexity index is 1180. The van der Waals surface area contributed by atoms with Crippen molar-refractivity contribution in [1.29, 1.82) is 5.26 Å². The SMILES string of the molecule is Cc1ccc(S(=O)n2cc(-c3ccsc3C)c3cc(C#N)ccc32)cc1. The molecule has 128 valence electrons. The van der Waals surface area contributed by atoms with Gasteiger partial charge in [-0.25, -0.2) is 4.21 Å². The molecule has 0 saturated heterocycles. The van der Waals surface area contributed by atoms with E-state index in [1.54, 1.807) is 21.4 Å². The van der Waals surface area contributed by atoms with Crippen molar-refractivity contribution in [2.75, 3.05) is 0 Å². The first kappa shape index (κ1) is 16.8. The highest BCUT2D eigenvalue weighted by Crippen LogP contribution is 2.36. The van der Waals surface area contributed by atoms with E-state index in [0.29, 0.717) is 5.56 Å². The molecule has 0 aliphatic rings. The molecule has 0 spiro atoms. The summed E-state index contributed by atoms with van der Waals surface area (Å²) in [7, 11) is -1.35. The van der Waals surface area contributed by atoms with Gasteiger partial charge in [-0.1, -0.05) is 17.7 Å². The van der Waals surface area contributed by atoms with Crippen LogP contribution in [0.15, 0.2) is 65.0 Å². The summed E-state index contributed by atoms with van der Waals surface area (Å²) in [6, 6.07) is 17.5. The van der Waals surface area contributed by atoms with Gasteiger partial charge < -0.3 is 0 Å². The highest BCUT2D eigenvalue weighted by atomic mass is 32.2. The van der Waals surface area contributed by atoms with Crippen molar-refractivity contribution >= 4 is 33.2 Å². The largest absolute Gasteiger partial charge is 0.262 e. The number of benzene rings is 2. The van der Waals surface area contributed by atoms with Crippen molar-refractivity contribution in [1.82, 2.24) is 3.97 Å². The molecule has 26 heavy (non-hydrogen) atoms. The monoisotopic (exact) mass is 376 g/mol. The lowest BCUT2D eigenvalue weighted by atomic mass is 10.0. The van der Waals surface area contributed by atoms with Gasteiger partial charge in [0.15, 0.2) is 11.0 Å². The number of fused-ring (bicyclic) bond motifs is 1. The van der Waals surface area contributed by atoms with Crippen LogP contribution in [0.2, 0.25) is 0 Å². The van der Waals surface area contributed by atoms with Gasteiger partial charge in [-0.2, -0.15) is 5.26 Å². The smallest absolute Gasteiger partial charge is 0.157 e. The summed E-state index contributed by atoms with van der Waals surface area (Å²) in [5.74, 6) is 0. The molecule has 3 nitrogen and oxygen atoms in total. The summed E-state index contributed by atoms with van der Waals surface area (Å²) in [4.78, 5) is 1.96. The minimum Gasteiger partial charge on any atom is -0.262 e. The fraction of sp³-hybridized carbons (Fsp3) is 0.0952. The van der Waals surface area contributed by atoms with Gasteiger partial charge in [0.1, 0.15) is 0 Å². The van der Waals surface area contributed by atoms with Gasteiger partial charge in [0.2, 0.25) is 0 Å². The zero-order valence-corrected chi connectivity index (χ0v) is 16.0. The Morgan fingerprint density at radius 1 is 1.04 bits per heavy atom. The second-order valence-electron chi connectivity index (χ2n) is 6.16. The summed E-state index contributed by atoms with van der Waals surface area (Å²) in [6.07, 6.45) is 1.94. The minimum absolute atomic E-state index is 0.602. The van der Waals surface area contributed by atoms with Crippen molar-refractivity contribution in [2.24, 2.45) is 0 Å². The Balaban J connectivity index is 1.96. The molecular weight excluding hydrogens is 360 g/mol. The number of rotatable bonds is 3. The number of hydrogen-bond donors (Lipinski definition) is 0. The van der Waals surface area contributed by atoms with Crippen LogP contribution in [0.5, 0.6) is 0 Å². The van der Waals surface area contributed by atoms with Gasteiger partial charge in [0, 0.05) is 22.0 Å². The molecule has 0 fully saturated rings. The predicted octanol–water partition coefficient (Wildman–Crippen LogP) is 5.43. The maximum atomic E-state index is 13.2. The quantitative estimate of drug-likeness (QED) is 0.479. The zero-order chi connectivity index (χ0) is 18.3. The third kappa shape index (κ3) is 2.78. The summed E-state index contributed by atoms with van der Waals surface area (Å²) in [5.41, 5.74) is 4.73. The van der Waals surface area contributed by atoms with Gasteiger partial charge in [-0.15, -0.1) is 11.3 Å². The standard InChI is InChI=1S/C21H16N2OS2/c1-14-3-6-17(7-4-14)26(24)23-13-20(18-9-10-25-15(18)2)19-11-16(12-22)5-8-21(19)23/h3-11,13H,1-2H3. The first-order valence-electron chi connectivity index (χ1n) is 8.17. The molecule has 0 radical (unpaired) electrons. The molecule has 1 atom stereocenters. The number of thiophene rings is 1. The molecule has 2 aromatic carbocycles. The normalized spacial score (nSPS) is 12.2. The fourth-order valence-electron chi connectivity index (χ4n) is 3.05. The summed E-state index contributed by atoms with van der Waals surface area (Å²) >= 11 is 1.68. The molecule has 4 aromatic rings. The van der Waals surface area contributed by atoms with Gasteiger partial charge in [0.25, 0.3) is 0 Å². The Hall–Kier alpha value is -2.68. The molecule has 2 aromatic heterocycles. The van der Waals surface area contributed by atoms with Crippen molar-refractivity contribution < 1.29 is 4.21 Å². The van der Waals surface area contributed by atoms with Crippen LogP contribution in [-0.4, -0.2) is 8.18 Å². The van der Waals surface area contributed by atoms with Crippen molar-refractivity contribution in [3.8, 4) is 17.2 Å². The van der Waals surface area contributed by atoms with Gasteiger partial charge >= 0.3 is 0 Å². The highest BCUT2D eigenvalue weighted by Gasteiger charge is 2.17. The third-order valence-electron chi connectivity index (χ3n) is 4.45. The second-order valence-corrected chi connectivity index (χ2v) is 8.65. The lowest BCUT2D eigenvalue weighted by Crippen LogP contribution is -2.03. The number of aromatic nitrogens is 1. The molecule has 0 aliphatic heterocycles. The molecule has 2 heterocycles. The fourth-order valence-corrected chi connectivity index (χ4v) is 4.90. The van der Waals surface area contributed by atoms with Gasteiger partial charge in [-0.05, 0) is 61.2 Å². The summed E-state index contributed by atoms with van der Waals surface area (Å²) in [6.45, 7) is 4.09. The molecule has 1 unspecified atom stereocenters. The maximum Gasteiger partial charge on any atom is 0.157 e. The second kappa shape index (κ2) is 6.56. The number of hydrogen-bond acceptors (Lipinski definition) is 3. The number of aryl methyl sites for hydroxylation is 2. The molecule has 0 amide bonds. The van der Waals surface area contributed by atoms with E-state index in [4.69, 9.17) is 0 Å². The Kier molecular flexibility index (Phi) is 4.23. The third-order valence-corrected chi connectivity index (χ3v) is 6.63. The summed E-state index contributed by atoms with van der Waals surface area (Å²) < 4.78 is 15.0. The van der Waals surface area contributed by atoms with E-state index in [0.717, 1.165) is 32.5 Å². The Morgan fingerprint density at radius 3 is 2.46 bits per heavy atom. The Morgan fingerprint density at radius 2 is 1.81 bits per heavy atom. The maximum absolute atomic E-state index is 13.2. The molecule has 5 heteroatoms. The van der Waals surface area contributed by atoms with Gasteiger partial charge in [0.05, 0.1) is 22.0 Å². The first-order valence-corrected chi connectivity index (χ1v) is 10.2.